The third kappa shape index (κ3) is 9.47. The van der Waals surface area contributed by atoms with Crippen molar-refractivity contribution >= 4 is 0 Å². The summed E-state index contributed by atoms with van der Waals surface area (Å²) in [6.07, 6.45) is -9.14. The lowest BCUT2D eigenvalue weighted by Gasteiger charge is -2.32. The van der Waals surface area contributed by atoms with Crippen molar-refractivity contribution in [3.8, 4) is 0 Å². The molecule has 1 aromatic carbocycles. The molecule has 0 aliphatic rings. The molecule has 0 aliphatic heterocycles. The molecule has 0 aromatic heterocycles. The zero-order valence-corrected chi connectivity index (χ0v) is 19.7. The van der Waals surface area contributed by atoms with E-state index in [9.17, 15) is 23.4 Å². The molecule has 0 radical (unpaired) electrons. The van der Waals surface area contributed by atoms with Crippen LogP contribution in [-0.2, 0) is 9.47 Å². The van der Waals surface area contributed by atoms with Gasteiger partial charge in [-0.05, 0) is 25.5 Å². The number of hydrogen-bond donors (Lipinski definition) is 4. The van der Waals surface area contributed by atoms with E-state index in [-0.39, 0.29) is 6.54 Å². The highest BCUT2D eigenvalue weighted by Crippen LogP contribution is 2.27. The van der Waals surface area contributed by atoms with Gasteiger partial charge in [-0.15, -0.1) is 0 Å². The number of likely N-dealkylation sites (N-methyl/N-ethyl adjacent to an activating group) is 1. The molecule has 0 fully saturated rings. The maximum atomic E-state index is 12.8. The first-order chi connectivity index (χ1) is 15.8. The molecule has 0 aliphatic carbocycles. The Kier molecular flexibility index (Phi) is 11.8. The van der Waals surface area contributed by atoms with Crippen LogP contribution in [-0.4, -0.2) is 69.9 Å². The maximum absolute atomic E-state index is 12.8. The molecule has 7 nitrogen and oxygen atoms in total. The van der Waals surface area contributed by atoms with Gasteiger partial charge in [0.05, 0.1) is 18.4 Å². The van der Waals surface area contributed by atoms with Gasteiger partial charge in [0.15, 0.2) is 18.7 Å². The van der Waals surface area contributed by atoms with E-state index in [1.54, 1.807) is 25.8 Å². The number of ether oxygens (including phenoxy) is 2. The van der Waals surface area contributed by atoms with Crippen molar-refractivity contribution in [2.45, 2.75) is 64.3 Å². The second kappa shape index (κ2) is 13.5. The molecule has 34 heavy (non-hydrogen) atoms. The largest absolute Gasteiger partial charge is 0.488 e. The Morgan fingerprint density at radius 2 is 1.71 bits per heavy atom. The van der Waals surface area contributed by atoms with Gasteiger partial charge in [-0.25, -0.2) is 0 Å². The molecule has 4 unspecified atom stereocenters. The highest BCUT2D eigenvalue weighted by atomic mass is 19.4. The van der Waals surface area contributed by atoms with Crippen molar-refractivity contribution in [2.24, 2.45) is 0 Å². The summed E-state index contributed by atoms with van der Waals surface area (Å²) in [4.78, 5) is 1.68. The van der Waals surface area contributed by atoms with Gasteiger partial charge in [0.25, 0.3) is 0 Å². The number of hydrogen-bond acceptors (Lipinski definition) is 7. The Bertz CT molecular complexity index is 826. The Morgan fingerprint density at radius 3 is 2.21 bits per heavy atom. The number of aliphatic hydroxyl groups is 4. The molecule has 192 valence electrons. The average Bonchev–Trinajstić information content (AvgIpc) is 2.79. The number of halogens is 3. The van der Waals surface area contributed by atoms with E-state index in [1.807, 2.05) is 30.3 Å². The Hall–Kier alpha value is -2.37. The molecular formula is C24H34F3NO6. The van der Waals surface area contributed by atoms with E-state index < -0.39 is 42.6 Å². The highest BCUT2D eigenvalue weighted by molar-refractivity contribution is 5.21. The van der Waals surface area contributed by atoms with Crippen LogP contribution in [0.15, 0.2) is 66.1 Å². The van der Waals surface area contributed by atoms with E-state index in [0.29, 0.717) is 17.9 Å². The first-order valence-corrected chi connectivity index (χ1v) is 10.7. The first-order valence-electron chi connectivity index (χ1n) is 10.7. The molecule has 0 heterocycles. The first kappa shape index (κ1) is 29.7. The lowest BCUT2D eigenvalue weighted by Crippen LogP contribution is -2.42. The monoisotopic (exact) mass is 489 g/mol. The number of nitrogens with zero attached hydrogens (tertiary/aromatic N) is 1. The predicted molar refractivity (Wildman–Crippen MR) is 121 cm³/mol. The summed E-state index contributed by atoms with van der Waals surface area (Å²) in [7, 11) is 1.69. The minimum atomic E-state index is -4.42. The zero-order chi connectivity index (χ0) is 26.1. The lowest BCUT2D eigenvalue weighted by atomic mass is 10.1. The number of aliphatic hydroxyl groups excluding tert-OH is 3. The minimum Gasteiger partial charge on any atom is -0.488 e. The lowest BCUT2D eigenvalue weighted by molar-refractivity contribution is -0.239. The molecule has 0 saturated heterocycles. The fraction of sp³-hybridized carbons (Fsp3) is 0.500. The van der Waals surface area contributed by atoms with Gasteiger partial charge in [0, 0.05) is 24.7 Å². The smallest absolute Gasteiger partial charge is 0.412 e. The van der Waals surface area contributed by atoms with E-state index in [4.69, 9.17) is 19.7 Å². The Balaban J connectivity index is 3.03. The standard InChI is InChI=1S/C24H34F3NO6/c1-6-19(13-12-15(2)24(25,26)27)34-20(18-10-8-7-9-11-18)14-28(5)16(3)17(4)33-23(32)21(29)22(30)31/h7-13,17,20-23,29-32H,3,6,14H2,1-2,4-5H3/b15-12+,19-13+. The summed E-state index contributed by atoms with van der Waals surface area (Å²) < 4.78 is 49.8. The van der Waals surface area contributed by atoms with Crippen molar-refractivity contribution in [2.75, 3.05) is 13.6 Å². The Labute approximate surface area is 198 Å². The highest BCUT2D eigenvalue weighted by Gasteiger charge is 2.30. The second-order valence-electron chi connectivity index (χ2n) is 7.80. The van der Waals surface area contributed by atoms with Crippen LogP contribution in [0.4, 0.5) is 13.2 Å². The quantitative estimate of drug-likeness (QED) is 0.191. The number of alkyl halides is 3. The van der Waals surface area contributed by atoms with Crippen LogP contribution >= 0.6 is 0 Å². The molecule has 0 bridgehead atoms. The van der Waals surface area contributed by atoms with Gasteiger partial charge >= 0.3 is 6.18 Å². The van der Waals surface area contributed by atoms with Gasteiger partial charge in [0.2, 0.25) is 0 Å². The van der Waals surface area contributed by atoms with Crippen molar-refractivity contribution < 1.29 is 43.1 Å². The van der Waals surface area contributed by atoms with E-state index in [0.717, 1.165) is 18.6 Å². The second-order valence-corrected chi connectivity index (χ2v) is 7.80. The molecule has 10 heteroatoms. The molecule has 1 rings (SSSR count). The van der Waals surface area contributed by atoms with Gasteiger partial charge in [-0.1, -0.05) is 49.9 Å². The van der Waals surface area contributed by atoms with Crippen LogP contribution in [0.25, 0.3) is 0 Å². The fourth-order valence-electron chi connectivity index (χ4n) is 2.81. The van der Waals surface area contributed by atoms with Crippen LogP contribution in [0.2, 0.25) is 0 Å². The molecule has 0 spiro atoms. The molecule has 0 saturated carbocycles. The van der Waals surface area contributed by atoms with Crippen LogP contribution in [0.3, 0.4) is 0 Å². The fourth-order valence-corrected chi connectivity index (χ4v) is 2.81. The van der Waals surface area contributed by atoms with E-state index >= 15 is 0 Å². The van der Waals surface area contributed by atoms with Crippen LogP contribution in [0, 0.1) is 0 Å². The summed E-state index contributed by atoms with van der Waals surface area (Å²) in [5.41, 5.74) is 0.423. The summed E-state index contributed by atoms with van der Waals surface area (Å²) >= 11 is 0. The average molecular weight is 490 g/mol. The van der Waals surface area contributed by atoms with Crippen LogP contribution in [0.1, 0.15) is 38.9 Å². The summed E-state index contributed by atoms with van der Waals surface area (Å²) in [5, 5.41) is 37.2. The summed E-state index contributed by atoms with van der Waals surface area (Å²) in [6.45, 7) is 8.46. The summed E-state index contributed by atoms with van der Waals surface area (Å²) in [6, 6.07) is 9.11. The van der Waals surface area contributed by atoms with Gasteiger partial charge in [0.1, 0.15) is 6.10 Å². The molecular weight excluding hydrogens is 455 g/mol. The zero-order valence-electron chi connectivity index (χ0n) is 19.7. The number of benzene rings is 1. The molecule has 0 amide bonds. The predicted octanol–water partition coefficient (Wildman–Crippen LogP) is 3.39. The van der Waals surface area contributed by atoms with Crippen LogP contribution < -0.4 is 0 Å². The number of rotatable bonds is 13. The topological polar surface area (TPSA) is 103 Å². The van der Waals surface area contributed by atoms with Crippen molar-refractivity contribution in [1.82, 2.24) is 4.90 Å². The van der Waals surface area contributed by atoms with E-state index in [2.05, 4.69) is 6.58 Å². The Morgan fingerprint density at radius 1 is 1.12 bits per heavy atom. The van der Waals surface area contributed by atoms with E-state index in [1.165, 1.54) is 6.08 Å². The molecule has 4 atom stereocenters. The van der Waals surface area contributed by atoms with Gasteiger partial charge in [-0.3, -0.25) is 0 Å². The third-order valence-corrected chi connectivity index (χ3v) is 5.12. The van der Waals surface area contributed by atoms with Crippen molar-refractivity contribution in [3.05, 3.63) is 71.7 Å². The molecule has 4 N–H and O–H groups in total. The van der Waals surface area contributed by atoms with Gasteiger partial charge < -0.3 is 34.8 Å². The van der Waals surface area contributed by atoms with Crippen LogP contribution in [0.5, 0.6) is 0 Å². The molecule has 1 aromatic rings. The summed E-state index contributed by atoms with van der Waals surface area (Å²) in [5.74, 6) is 0.358. The van der Waals surface area contributed by atoms with Crippen molar-refractivity contribution in [1.29, 1.82) is 0 Å². The van der Waals surface area contributed by atoms with Crippen molar-refractivity contribution in [3.63, 3.8) is 0 Å². The normalized spacial score (nSPS) is 16.7. The number of allylic oxidation sites excluding steroid dienone is 4. The minimum absolute atomic E-state index is 0.233. The SMILES string of the molecule is C=C(C(C)OC(O)C(O)C(O)O)N(C)CC(O/C(=C/C=C(\C)C(F)(F)F)CC)c1ccccc1. The maximum Gasteiger partial charge on any atom is 0.412 e. The van der Waals surface area contributed by atoms with Gasteiger partial charge in [-0.2, -0.15) is 13.2 Å². The third-order valence-electron chi connectivity index (χ3n) is 5.12.